The summed E-state index contributed by atoms with van der Waals surface area (Å²) in [5.41, 5.74) is 1.35. The maximum Gasteiger partial charge on any atom is 0.407 e. The van der Waals surface area contributed by atoms with E-state index in [-0.39, 0.29) is 0 Å². The number of hydrogen-bond donors (Lipinski definition) is 1. The van der Waals surface area contributed by atoms with Crippen molar-refractivity contribution in [2.75, 3.05) is 0 Å². The molecule has 0 saturated carbocycles. The van der Waals surface area contributed by atoms with Gasteiger partial charge in [-0.3, -0.25) is 0 Å². The van der Waals surface area contributed by atoms with Crippen LogP contribution in [0.25, 0.3) is 10.9 Å². The molecule has 0 bridgehead atoms. The minimum atomic E-state index is -0.497. The van der Waals surface area contributed by atoms with Gasteiger partial charge in [0.25, 0.3) is 0 Å². The Bertz CT molecular complexity index is 633. The Morgan fingerprint density at radius 1 is 1.35 bits per heavy atom. The van der Waals surface area contributed by atoms with Gasteiger partial charge in [0, 0.05) is 18.1 Å². The number of aryl methyl sites for hydroxylation is 1. The molecule has 0 aliphatic heterocycles. The molecule has 5 nitrogen and oxygen atoms in total. The molecule has 0 saturated heterocycles. The molecular weight excluding hydrogens is 254 g/mol. The average Bonchev–Trinajstić information content (AvgIpc) is 2.33. The molecule has 0 fully saturated rings. The van der Waals surface area contributed by atoms with Gasteiger partial charge >= 0.3 is 6.09 Å². The summed E-state index contributed by atoms with van der Waals surface area (Å²) in [6.45, 7) is 7.74. The quantitative estimate of drug-likeness (QED) is 0.913. The molecule has 20 heavy (non-hydrogen) atoms. The molecule has 1 heterocycles. The Balaban J connectivity index is 2.12. The fraction of sp³-hybridized carbons (Fsp3) is 0.400. The van der Waals surface area contributed by atoms with E-state index in [9.17, 15) is 4.79 Å². The maximum absolute atomic E-state index is 11.7. The number of ether oxygens (including phenoxy) is 1. The number of rotatable bonds is 2. The van der Waals surface area contributed by atoms with E-state index in [0.29, 0.717) is 6.54 Å². The van der Waals surface area contributed by atoms with Crippen molar-refractivity contribution in [3.05, 3.63) is 35.8 Å². The highest BCUT2D eigenvalue weighted by molar-refractivity contribution is 5.81. The van der Waals surface area contributed by atoms with Gasteiger partial charge in [-0.1, -0.05) is 12.1 Å². The van der Waals surface area contributed by atoms with Crippen LogP contribution in [0, 0.1) is 6.92 Å². The fourth-order valence-electron chi connectivity index (χ4n) is 1.84. The molecule has 5 heteroatoms. The number of hydrogen-bond acceptors (Lipinski definition) is 4. The van der Waals surface area contributed by atoms with Crippen LogP contribution in [-0.4, -0.2) is 21.7 Å². The highest BCUT2D eigenvalue weighted by Gasteiger charge is 2.16. The van der Waals surface area contributed by atoms with Gasteiger partial charge in [-0.05, 0) is 39.3 Å². The van der Waals surface area contributed by atoms with Crippen molar-refractivity contribution in [2.24, 2.45) is 0 Å². The largest absolute Gasteiger partial charge is 0.444 e. The molecule has 0 aliphatic carbocycles. The number of carbonyl (C=O) groups excluding carboxylic acids is 1. The number of alkyl carbamates (subject to hydrolysis) is 1. The molecule has 2 rings (SSSR count). The van der Waals surface area contributed by atoms with E-state index in [4.69, 9.17) is 4.74 Å². The molecule has 0 atom stereocenters. The highest BCUT2D eigenvalue weighted by Crippen LogP contribution is 2.16. The zero-order valence-electron chi connectivity index (χ0n) is 12.2. The van der Waals surface area contributed by atoms with Crippen molar-refractivity contribution >= 4 is 17.0 Å². The first-order valence-electron chi connectivity index (χ1n) is 6.53. The summed E-state index contributed by atoms with van der Waals surface area (Å²) in [6.07, 6.45) is 1.35. The predicted molar refractivity (Wildman–Crippen MR) is 77.3 cm³/mol. The normalized spacial score (nSPS) is 11.4. The lowest BCUT2D eigenvalue weighted by molar-refractivity contribution is 0.0524. The van der Waals surface area contributed by atoms with Crippen LogP contribution in [0.4, 0.5) is 4.79 Å². The zero-order chi connectivity index (χ0) is 14.8. The van der Waals surface area contributed by atoms with Crippen LogP contribution in [0.15, 0.2) is 24.4 Å². The Morgan fingerprint density at radius 3 is 2.80 bits per heavy atom. The number of amides is 1. The first kappa shape index (κ1) is 14.2. The summed E-state index contributed by atoms with van der Waals surface area (Å²) >= 11 is 0. The summed E-state index contributed by atoms with van der Waals surface area (Å²) in [7, 11) is 0. The Labute approximate surface area is 118 Å². The first-order valence-corrected chi connectivity index (χ1v) is 6.53. The standard InChI is InChI=1S/C15H19N3O2/c1-10-16-9-12-11(6-5-7-13(12)18-10)8-17-14(19)20-15(2,3)4/h5-7,9H,8H2,1-4H3,(H,17,19). The van der Waals surface area contributed by atoms with Gasteiger partial charge in [0.15, 0.2) is 0 Å². The molecule has 1 aromatic heterocycles. The van der Waals surface area contributed by atoms with Crippen molar-refractivity contribution in [3.63, 3.8) is 0 Å². The van der Waals surface area contributed by atoms with E-state index in [0.717, 1.165) is 22.3 Å². The second-order valence-corrected chi connectivity index (χ2v) is 5.62. The third-order valence-corrected chi connectivity index (χ3v) is 2.66. The highest BCUT2D eigenvalue weighted by atomic mass is 16.6. The van der Waals surface area contributed by atoms with E-state index >= 15 is 0 Å². The van der Waals surface area contributed by atoms with Gasteiger partial charge in [-0.2, -0.15) is 0 Å². The summed E-state index contributed by atoms with van der Waals surface area (Å²) in [4.78, 5) is 20.2. The number of fused-ring (bicyclic) bond motifs is 1. The summed E-state index contributed by atoms with van der Waals surface area (Å²) in [5, 5.41) is 3.68. The number of nitrogens with one attached hydrogen (secondary N) is 1. The third-order valence-electron chi connectivity index (χ3n) is 2.66. The molecule has 1 amide bonds. The minimum absolute atomic E-state index is 0.388. The molecule has 106 valence electrons. The van der Waals surface area contributed by atoms with Crippen molar-refractivity contribution in [2.45, 2.75) is 39.8 Å². The SMILES string of the molecule is Cc1ncc2c(CNC(=O)OC(C)(C)C)cccc2n1. The van der Waals surface area contributed by atoms with Gasteiger partial charge in [0.05, 0.1) is 5.52 Å². The minimum Gasteiger partial charge on any atom is -0.444 e. The number of carbonyl (C=O) groups is 1. The lowest BCUT2D eigenvalue weighted by Crippen LogP contribution is -2.32. The first-order chi connectivity index (χ1) is 9.35. The monoisotopic (exact) mass is 273 g/mol. The van der Waals surface area contributed by atoms with Crippen LogP contribution in [0.3, 0.4) is 0 Å². The second-order valence-electron chi connectivity index (χ2n) is 5.62. The van der Waals surface area contributed by atoms with Crippen molar-refractivity contribution in [1.82, 2.24) is 15.3 Å². The number of aromatic nitrogens is 2. The molecule has 0 aliphatic rings. The number of benzene rings is 1. The lowest BCUT2D eigenvalue weighted by atomic mass is 10.1. The Kier molecular flexibility index (Phi) is 3.88. The van der Waals surface area contributed by atoms with Crippen LogP contribution >= 0.6 is 0 Å². The smallest absolute Gasteiger partial charge is 0.407 e. The van der Waals surface area contributed by atoms with Crippen molar-refractivity contribution < 1.29 is 9.53 Å². The van der Waals surface area contributed by atoms with E-state index in [2.05, 4.69) is 15.3 Å². The Hall–Kier alpha value is -2.17. The second kappa shape index (κ2) is 5.45. The third kappa shape index (κ3) is 3.66. The van der Waals surface area contributed by atoms with Gasteiger partial charge < -0.3 is 10.1 Å². The van der Waals surface area contributed by atoms with Crippen LogP contribution in [-0.2, 0) is 11.3 Å². The zero-order valence-corrected chi connectivity index (χ0v) is 12.2. The van der Waals surface area contributed by atoms with Gasteiger partial charge in [0.2, 0.25) is 0 Å². The van der Waals surface area contributed by atoms with Crippen LogP contribution < -0.4 is 5.32 Å². The average molecular weight is 273 g/mol. The van der Waals surface area contributed by atoms with E-state index in [1.165, 1.54) is 0 Å². The van der Waals surface area contributed by atoms with E-state index < -0.39 is 11.7 Å². The summed E-state index contributed by atoms with van der Waals surface area (Å²) < 4.78 is 5.21. The fourth-order valence-corrected chi connectivity index (χ4v) is 1.84. The topological polar surface area (TPSA) is 64.1 Å². The van der Waals surface area contributed by atoms with E-state index in [1.807, 2.05) is 45.9 Å². The van der Waals surface area contributed by atoms with Gasteiger partial charge in [0.1, 0.15) is 11.4 Å². The number of nitrogens with zero attached hydrogens (tertiary/aromatic N) is 2. The molecule has 0 spiro atoms. The van der Waals surface area contributed by atoms with Gasteiger partial charge in [-0.15, -0.1) is 0 Å². The van der Waals surface area contributed by atoms with Crippen LogP contribution in [0.1, 0.15) is 32.2 Å². The molecule has 2 aromatic rings. The molecule has 0 radical (unpaired) electrons. The Morgan fingerprint density at radius 2 is 2.10 bits per heavy atom. The van der Waals surface area contributed by atoms with Crippen molar-refractivity contribution in [3.8, 4) is 0 Å². The molecule has 1 N–H and O–H groups in total. The summed E-state index contributed by atoms with van der Waals surface area (Å²) in [6, 6.07) is 5.79. The van der Waals surface area contributed by atoms with Crippen molar-refractivity contribution in [1.29, 1.82) is 0 Å². The summed E-state index contributed by atoms with van der Waals surface area (Å²) in [5.74, 6) is 0.731. The lowest BCUT2D eigenvalue weighted by Gasteiger charge is -2.19. The van der Waals surface area contributed by atoms with Crippen LogP contribution in [0.5, 0.6) is 0 Å². The predicted octanol–water partition coefficient (Wildman–Crippen LogP) is 2.96. The van der Waals surface area contributed by atoms with Gasteiger partial charge in [-0.25, -0.2) is 14.8 Å². The van der Waals surface area contributed by atoms with E-state index in [1.54, 1.807) is 6.20 Å². The molecule has 1 aromatic carbocycles. The maximum atomic E-state index is 11.7. The molecule has 0 unspecified atom stereocenters. The van der Waals surface area contributed by atoms with Crippen LogP contribution in [0.2, 0.25) is 0 Å². The molecular formula is C15H19N3O2.